The van der Waals surface area contributed by atoms with Crippen LogP contribution in [0.1, 0.15) is 22.7 Å². The van der Waals surface area contributed by atoms with Crippen molar-refractivity contribution in [2.75, 3.05) is 5.73 Å². The molecule has 3 aromatic heterocycles. The van der Waals surface area contributed by atoms with Gasteiger partial charge in [-0.3, -0.25) is 0 Å². The van der Waals surface area contributed by atoms with Crippen LogP contribution < -0.4 is 5.73 Å². The van der Waals surface area contributed by atoms with E-state index >= 15 is 0 Å². The summed E-state index contributed by atoms with van der Waals surface area (Å²) in [6, 6.07) is 1.75. The fraction of sp³-hybridized carbons (Fsp3) is 0.125. The Bertz CT molecular complexity index is 990. The lowest BCUT2D eigenvalue weighted by molar-refractivity contribution is 0.393. The molecule has 2 N–H and O–H groups in total. The molecule has 25 heavy (non-hydrogen) atoms. The van der Waals surface area contributed by atoms with Crippen molar-refractivity contribution in [1.29, 1.82) is 0 Å². The second kappa shape index (κ2) is 7.31. The molecule has 0 bridgehead atoms. The van der Waals surface area contributed by atoms with Crippen LogP contribution >= 0.6 is 35.0 Å². The molecule has 0 aromatic carbocycles. The Labute approximate surface area is 158 Å². The fourth-order valence-corrected chi connectivity index (χ4v) is 3.12. The number of anilines is 1. The summed E-state index contributed by atoms with van der Waals surface area (Å²) in [7, 11) is 0. The molecule has 6 nitrogen and oxygen atoms in total. The van der Waals surface area contributed by atoms with Crippen molar-refractivity contribution in [2.24, 2.45) is 0 Å². The van der Waals surface area contributed by atoms with Crippen molar-refractivity contribution in [2.45, 2.75) is 23.8 Å². The molecule has 126 valence electrons. The molecule has 3 rings (SSSR count). The number of hydrogen-bond acceptors (Lipinski definition) is 7. The van der Waals surface area contributed by atoms with Gasteiger partial charge in [0.25, 0.3) is 0 Å². The van der Waals surface area contributed by atoms with E-state index in [-0.39, 0.29) is 11.0 Å². The molecule has 0 radical (unpaired) electrons. The van der Waals surface area contributed by atoms with E-state index in [0.717, 1.165) is 11.3 Å². The van der Waals surface area contributed by atoms with Crippen LogP contribution in [0.15, 0.2) is 32.9 Å². The maximum Gasteiger partial charge on any atom is 0.158 e. The number of halogens is 2. The van der Waals surface area contributed by atoms with Crippen LogP contribution in [-0.4, -0.2) is 20.1 Å². The molecule has 0 aliphatic heterocycles. The first kappa shape index (κ1) is 17.5. The largest absolute Gasteiger partial charge is 0.381 e. The summed E-state index contributed by atoms with van der Waals surface area (Å²) in [5, 5.41) is 5.00. The molecule has 3 heterocycles. The van der Waals surface area contributed by atoms with E-state index in [1.165, 1.54) is 18.0 Å². The van der Waals surface area contributed by atoms with Crippen LogP contribution in [0, 0.1) is 25.7 Å². The molecule has 0 saturated heterocycles. The summed E-state index contributed by atoms with van der Waals surface area (Å²) in [6.07, 6.45) is 3.04. The zero-order valence-corrected chi connectivity index (χ0v) is 15.5. The number of nitrogens with two attached hydrogens (primary N) is 1. The van der Waals surface area contributed by atoms with Crippen molar-refractivity contribution in [3.8, 4) is 11.8 Å². The summed E-state index contributed by atoms with van der Waals surface area (Å²) in [5.41, 5.74) is 7.71. The van der Waals surface area contributed by atoms with Crippen molar-refractivity contribution >= 4 is 40.8 Å². The smallest absolute Gasteiger partial charge is 0.158 e. The van der Waals surface area contributed by atoms with Gasteiger partial charge in [0.05, 0.1) is 22.5 Å². The third-order valence-electron chi connectivity index (χ3n) is 3.13. The Morgan fingerprint density at radius 3 is 2.68 bits per heavy atom. The van der Waals surface area contributed by atoms with Gasteiger partial charge < -0.3 is 10.3 Å². The topological polar surface area (TPSA) is 90.7 Å². The first-order valence-corrected chi connectivity index (χ1v) is 8.58. The molecular formula is C16H11Cl2N5OS. The normalized spacial score (nSPS) is 10.4. The average Bonchev–Trinajstić information content (AvgIpc) is 2.89. The molecule has 0 amide bonds. The Hall–Kier alpha value is -2.27. The van der Waals surface area contributed by atoms with E-state index in [2.05, 4.69) is 31.9 Å². The molecule has 3 aromatic rings. The minimum Gasteiger partial charge on any atom is -0.381 e. The van der Waals surface area contributed by atoms with Gasteiger partial charge in [0, 0.05) is 11.1 Å². The number of pyridine rings is 1. The van der Waals surface area contributed by atoms with Gasteiger partial charge in [-0.25, -0.2) is 15.0 Å². The van der Waals surface area contributed by atoms with Crippen molar-refractivity contribution in [1.82, 2.24) is 20.1 Å². The van der Waals surface area contributed by atoms with Crippen molar-refractivity contribution in [3.63, 3.8) is 0 Å². The predicted octanol–water partition coefficient (Wildman–Crippen LogP) is 3.92. The summed E-state index contributed by atoms with van der Waals surface area (Å²) < 4.78 is 5.09. The second-order valence-electron chi connectivity index (χ2n) is 4.91. The fourth-order valence-electron chi connectivity index (χ4n) is 1.93. The van der Waals surface area contributed by atoms with E-state index in [4.69, 9.17) is 33.5 Å². The Morgan fingerprint density at radius 2 is 2.00 bits per heavy atom. The molecule has 9 heteroatoms. The van der Waals surface area contributed by atoms with E-state index in [1.54, 1.807) is 19.2 Å². The zero-order chi connectivity index (χ0) is 18.0. The van der Waals surface area contributed by atoms with Gasteiger partial charge in [-0.15, -0.1) is 0 Å². The zero-order valence-electron chi connectivity index (χ0n) is 13.2. The van der Waals surface area contributed by atoms with E-state index < -0.39 is 0 Å². The highest BCUT2D eigenvalue weighted by molar-refractivity contribution is 7.99. The second-order valence-corrected chi connectivity index (χ2v) is 6.70. The highest BCUT2D eigenvalue weighted by Gasteiger charge is 2.12. The van der Waals surface area contributed by atoms with Gasteiger partial charge in [-0.05, 0) is 25.8 Å². The van der Waals surface area contributed by atoms with Crippen LogP contribution in [0.5, 0.6) is 0 Å². The van der Waals surface area contributed by atoms with E-state index in [9.17, 15) is 0 Å². The van der Waals surface area contributed by atoms with Crippen LogP contribution in [0.3, 0.4) is 0 Å². The lowest BCUT2D eigenvalue weighted by atomic mass is 10.2. The quantitative estimate of drug-likeness (QED) is 0.661. The van der Waals surface area contributed by atoms with Gasteiger partial charge >= 0.3 is 0 Å². The summed E-state index contributed by atoms with van der Waals surface area (Å²) in [5.74, 6) is 6.83. The molecule has 0 aliphatic rings. The van der Waals surface area contributed by atoms with E-state index in [1.807, 2.05) is 6.92 Å². The minimum absolute atomic E-state index is 0.230. The van der Waals surface area contributed by atoms with Crippen LogP contribution in [0.25, 0.3) is 0 Å². The van der Waals surface area contributed by atoms with Gasteiger partial charge in [-0.2, -0.15) is 0 Å². The van der Waals surface area contributed by atoms with Gasteiger partial charge in [0.2, 0.25) is 0 Å². The number of rotatable bonds is 2. The minimum atomic E-state index is 0.230. The van der Waals surface area contributed by atoms with Crippen molar-refractivity contribution < 1.29 is 4.52 Å². The summed E-state index contributed by atoms with van der Waals surface area (Å²) >= 11 is 13.4. The Morgan fingerprint density at radius 1 is 1.20 bits per heavy atom. The number of nitrogens with zero attached hydrogens (tertiary/aromatic N) is 4. The van der Waals surface area contributed by atoms with Crippen LogP contribution in [0.2, 0.25) is 10.2 Å². The van der Waals surface area contributed by atoms with E-state index in [0.29, 0.717) is 26.4 Å². The Balaban J connectivity index is 1.93. The van der Waals surface area contributed by atoms with Gasteiger partial charge in [0.15, 0.2) is 5.82 Å². The third kappa shape index (κ3) is 3.87. The average molecular weight is 392 g/mol. The maximum atomic E-state index is 6.42. The molecule has 0 atom stereocenters. The summed E-state index contributed by atoms with van der Waals surface area (Å²) in [6.45, 7) is 3.62. The number of aryl methyl sites for hydroxylation is 2. The molecule has 0 spiro atoms. The molecule has 0 aliphatic carbocycles. The van der Waals surface area contributed by atoms with Crippen LogP contribution in [-0.2, 0) is 0 Å². The monoisotopic (exact) mass is 391 g/mol. The standard InChI is InChI=1S/C16H11Cl2N5OS/c1-8-10(9(2)24-23-8)3-4-11-14(18)12(5-6-20-11)25-16-15(19)22-13(17)7-21-16/h5-7H,1-2H3,(H2,19,22). The lowest BCUT2D eigenvalue weighted by Gasteiger charge is -2.06. The van der Waals surface area contributed by atoms with Gasteiger partial charge in [0.1, 0.15) is 21.6 Å². The highest BCUT2D eigenvalue weighted by atomic mass is 35.5. The SMILES string of the molecule is Cc1noc(C)c1C#Cc1nccc(Sc2ncc(Cl)nc2N)c1Cl. The highest BCUT2D eigenvalue weighted by Crippen LogP contribution is 2.35. The van der Waals surface area contributed by atoms with Crippen molar-refractivity contribution in [3.05, 3.63) is 51.3 Å². The predicted molar refractivity (Wildman–Crippen MR) is 96.8 cm³/mol. The maximum absolute atomic E-state index is 6.42. The lowest BCUT2D eigenvalue weighted by Crippen LogP contribution is -1.96. The first-order chi connectivity index (χ1) is 12.0. The number of nitrogen functional groups attached to an aromatic ring is 1. The molecule has 0 saturated carbocycles. The number of hydrogen-bond donors (Lipinski definition) is 1. The Kier molecular flexibility index (Phi) is 5.13. The summed E-state index contributed by atoms with van der Waals surface area (Å²) in [4.78, 5) is 13.1. The van der Waals surface area contributed by atoms with Crippen LogP contribution in [0.4, 0.5) is 5.82 Å². The third-order valence-corrected chi connectivity index (χ3v) is 4.88. The molecular weight excluding hydrogens is 381 g/mol. The first-order valence-electron chi connectivity index (χ1n) is 7.01. The molecule has 0 fully saturated rings. The van der Waals surface area contributed by atoms with Gasteiger partial charge in [-0.1, -0.05) is 46.0 Å². The molecule has 0 unspecified atom stereocenters. The number of aromatic nitrogens is 4.